The number of hydrogen-bond acceptors (Lipinski definition) is 4. The van der Waals surface area contributed by atoms with Gasteiger partial charge in [0.15, 0.2) is 0 Å². The first kappa shape index (κ1) is 18.4. The average molecular weight is 340 g/mol. The summed E-state index contributed by atoms with van der Waals surface area (Å²) in [5, 5.41) is 8.78. The van der Waals surface area contributed by atoms with Crippen molar-refractivity contribution < 1.29 is 9.59 Å². The lowest BCUT2D eigenvalue weighted by molar-refractivity contribution is -0.114. The fourth-order valence-corrected chi connectivity index (χ4v) is 2.25. The van der Waals surface area contributed by atoms with Crippen LogP contribution in [-0.4, -0.2) is 23.3 Å². The molecule has 1 heterocycles. The predicted molar refractivity (Wildman–Crippen MR) is 101 cm³/mol. The van der Waals surface area contributed by atoms with Crippen molar-refractivity contribution >= 4 is 28.9 Å². The second kappa shape index (κ2) is 8.82. The van der Waals surface area contributed by atoms with Crippen LogP contribution in [0.15, 0.2) is 42.7 Å². The quantitative estimate of drug-likeness (QED) is 0.717. The van der Waals surface area contributed by atoms with Gasteiger partial charge in [-0.3, -0.25) is 14.6 Å². The molecule has 3 N–H and O–H groups in total. The second-order valence-electron chi connectivity index (χ2n) is 6.29. The van der Waals surface area contributed by atoms with Gasteiger partial charge in [0.2, 0.25) is 5.91 Å². The Labute approximate surface area is 148 Å². The maximum absolute atomic E-state index is 12.4. The van der Waals surface area contributed by atoms with E-state index in [9.17, 15) is 9.59 Å². The average Bonchev–Trinajstić information content (AvgIpc) is 2.54. The van der Waals surface area contributed by atoms with Crippen LogP contribution in [-0.2, 0) is 4.79 Å². The molecule has 0 saturated heterocycles. The monoisotopic (exact) mass is 340 g/mol. The minimum absolute atomic E-state index is 0.159. The van der Waals surface area contributed by atoms with Crippen LogP contribution in [0.3, 0.4) is 0 Å². The fraction of sp³-hybridized carbons (Fsp3) is 0.316. The van der Waals surface area contributed by atoms with Crippen LogP contribution < -0.4 is 16.0 Å². The number of aromatic nitrogens is 1. The summed E-state index contributed by atoms with van der Waals surface area (Å²) in [6, 6.07) is 8.78. The first-order valence-electron chi connectivity index (χ1n) is 8.32. The third kappa shape index (κ3) is 6.25. The van der Waals surface area contributed by atoms with Gasteiger partial charge < -0.3 is 16.0 Å². The van der Waals surface area contributed by atoms with Gasteiger partial charge in [0.25, 0.3) is 5.91 Å². The number of nitrogens with zero attached hydrogens (tertiary/aromatic N) is 1. The number of rotatable bonds is 7. The van der Waals surface area contributed by atoms with Crippen molar-refractivity contribution in [1.82, 2.24) is 4.98 Å². The van der Waals surface area contributed by atoms with E-state index in [0.717, 1.165) is 18.7 Å². The molecule has 0 saturated carbocycles. The number of nitrogens with one attached hydrogen (secondary N) is 3. The summed E-state index contributed by atoms with van der Waals surface area (Å²) in [6.45, 7) is 6.61. The maximum atomic E-state index is 12.4. The molecule has 0 bridgehead atoms. The summed E-state index contributed by atoms with van der Waals surface area (Å²) in [5.74, 6) is 0.204. The number of pyridine rings is 1. The van der Waals surface area contributed by atoms with E-state index in [1.165, 1.54) is 13.1 Å². The molecule has 0 radical (unpaired) electrons. The van der Waals surface area contributed by atoms with Gasteiger partial charge in [-0.1, -0.05) is 19.9 Å². The van der Waals surface area contributed by atoms with Crippen LogP contribution >= 0.6 is 0 Å². The largest absolute Gasteiger partial charge is 0.384 e. The van der Waals surface area contributed by atoms with E-state index >= 15 is 0 Å². The molecule has 0 aliphatic carbocycles. The minimum atomic E-state index is -0.250. The van der Waals surface area contributed by atoms with Gasteiger partial charge in [0.1, 0.15) is 0 Å². The summed E-state index contributed by atoms with van der Waals surface area (Å²) >= 11 is 0. The molecule has 132 valence electrons. The lowest BCUT2D eigenvalue weighted by Gasteiger charge is -2.10. The van der Waals surface area contributed by atoms with Crippen molar-refractivity contribution in [3.63, 3.8) is 0 Å². The number of carbonyl (C=O) groups is 2. The Morgan fingerprint density at radius 2 is 1.76 bits per heavy atom. The zero-order valence-electron chi connectivity index (χ0n) is 14.8. The maximum Gasteiger partial charge on any atom is 0.257 e. The summed E-state index contributed by atoms with van der Waals surface area (Å²) < 4.78 is 0. The van der Waals surface area contributed by atoms with E-state index < -0.39 is 0 Å². The van der Waals surface area contributed by atoms with Gasteiger partial charge in [-0.25, -0.2) is 0 Å². The van der Waals surface area contributed by atoms with Gasteiger partial charge in [0.05, 0.1) is 11.3 Å². The highest BCUT2D eigenvalue weighted by molar-refractivity contribution is 6.05. The molecule has 0 atom stereocenters. The fourth-order valence-electron chi connectivity index (χ4n) is 2.25. The minimum Gasteiger partial charge on any atom is -0.384 e. The molecule has 6 heteroatoms. The Kier molecular flexibility index (Phi) is 6.51. The third-order valence-electron chi connectivity index (χ3n) is 3.49. The van der Waals surface area contributed by atoms with Crippen LogP contribution in [0.5, 0.6) is 0 Å². The molecule has 0 aliphatic rings. The van der Waals surface area contributed by atoms with Crippen LogP contribution in [0, 0.1) is 5.92 Å². The summed E-state index contributed by atoms with van der Waals surface area (Å²) in [4.78, 5) is 27.7. The van der Waals surface area contributed by atoms with E-state index in [1.807, 2.05) is 0 Å². The molecule has 0 fully saturated rings. The van der Waals surface area contributed by atoms with Crippen molar-refractivity contribution in [1.29, 1.82) is 0 Å². The van der Waals surface area contributed by atoms with Gasteiger partial charge in [-0.15, -0.1) is 0 Å². The Morgan fingerprint density at radius 1 is 1.04 bits per heavy atom. The lowest BCUT2D eigenvalue weighted by atomic mass is 10.1. The summed E-state index contributed by atoms with van der Waals surface area (Å²) in [5.41, 5.74) is 2.53. The number of carbonyl (C=O) groups excluding carboxylic acids is 2. The van der Waals surface area contributed by atoms with Gasteiger partial charge in [-0.2, -0.15) is 0 Å². The van der Waals surface area contributed by atoms with Gasteiger partial charge >= 0.3 is 0 Å². The van der Waals surface area contributed by atoms with Crippen LogP contribution in [0.2, 0.25) is 0 Å². The van der Waals surface area contributed by atoms with Gasteiger partial charge in [0, 0.05) is 37.2 Å². The molecule has 0 aliphatic heterocycles. The van der Waals surface area contributed by atoms with Crippen molar-refractivity contribution in [3.8, 4) is 0 Å². The number of amides is 2. The van der Waals surface area contributed by atoms with E-state index in [0.29, 0.717) is 22.9 Å². The first-order valence-corrected chi connectivity index (χ1v) is 8.32. The second-order valence-corrected chi connectivity index (χ2v) is 6.29. The predicted octanol–water partition coefficient (Wildman–Crippen LogP) is 3.75. The Bertz CT molecular complexity index is 744. The molecular formula is C19H24N4O2. The van der Waals surface area contributed by atoms with Crippen molar-refractivity contribution in [3.05, 3.63) is 48.3 Å². The van der Waals surface area contributed by atoms with E-state index in [1.54, 1.807) is 36.5 Å². The molecular weight excluding hydrogens is 316 g/mol. The standard InChI is InChI=1S/C19H24N4O2/c1-13(2)7-8-21-18-9-15(11-20-12-18)19(25)23-17-6-4-5-16(10-17)22-14(3)24/h4-6,9-13,21H,7-8H2,1-3H3,(H,22,24)(H,23,25). The molecule has 2 aromatic rings. The van der Waals surface area contributed by atoms with E-state index in [4.69, 9.17) is 0 Å². The smallest absolute Gasteiger partial charge is 0.257 e. The highest BCUT2D eigenvalue weighted by Gasteiger charge is 2.08. The summed E-state index contributed by atoms with van der Waals surface area (Å²) in [6.07, 6.45) is 4.28. The highest BCUT2D eigenvalue weighted by atomic mass is 16.2. The molecule has 0 unspecified atom stereocenters. The summed E-state index contributed by atoms with van der Waals surface area (Å²) in [7, 11) is 0. The number of hydrogen-bond donors (Lipinski definition) is 3. The van der Waals surface area contributed by atoms with Crippen molar-refractivity contribution in [2.24, 2.45) is 5.92 Å². The molecule has 1 aromatic heterocycles. The number of anilines is 3. The van der Waals surface area contributed by atoms with Crippen LogP contribution in [0.1, 0.15) is 37.6 Å². The SMILES string of the molecule is CC(=O)Nc1cccc(NC(=O)c2cncc(NCCC(C)C)c2)c1. The molecule has 0 spiro atoms. The Hall–Kier alpha value is -2.89. The van der Waals surface area contributed by atoms with Gasteiger partial charge in [-0.05, 0) is 36.6 Å². The van der Waals surface area contributed by atoms with Crippen molar-refractivity contribution in [2.45, 2.75) is 27.2 Å². The topological polar surface area (TPSA) is 83.1 Å². The lowest BCUT2D eigenvalue weighted by Crippen LogP contribution is -2.13. The number of benzene rings is 1. The Morgan fingerprint density at radius 3 is 2.44 bits per heavy atom. The molecule has 1 aromatic carbocycles. The molecule has 2 rings (SSSR count). The molecule has 6 nitrogen and oxygen atoms in total. The van der Waals surface area contributed by atoms with Crippen molar-refractivity contribution in [2.75, 3.05) is 22.5 Å². The van der Waals surface area contributed by atoms with E-state index in [-0.39, 0.29) is 11.8 Å². The molecule has 2 amide bonds. The zero-order chi connectivity index (χ0) is 18.2. The third-order valence-corrected chi connectivity index (χ3v) is 3.49. The highest BCUT2D eigenvalue weighted by Crippen LogP contribution is 2.17. The molecule has 25 heavy (non-hydrogen) atoms. The normalized spacial score (nSPS) is 10.4. The zero-order valence-corrected chi connectivity index (χ0v) is 14.8. The van der Waals surface area contributed by atoms with Crippen LogP contribution in [0.25, 0.3) is 0 Å². The first-order chi connectivity index (χ1) is 11.9. The van der Waals surface area contributed by atoms with Crippen LogP contribution in [0.4, 0.5) is 17.1 Å². The Balaban J connectivity index is 2.02. The van der Waals surface area contributed by atoms with E-state index in [2.05, 4.69) is 34.8 Å².